The lowest BCUT2D eigenvalue weighted by Crippen LogP contribution is -2.09. The van der Waals surface area contributed by atoms with Crippen LogP contribution in [0.25, 0.3) is 11.1 Å². The van der Waals surface area contributed by atoms with Crippen LogP contribution in [0.1, 0.15) is 23.9 Å². The van der Waals surface area contributed by atoms with Crippen molar-refractivity contribution in [3.05, 3.63) is 70.9 Å². The normalized spacial score (nSPS) is 11.0. The molecule has 0 atom stereocenters. The van der Waals surface area contributed by atoms with E-state index in [-0.39, 0.29) is 5.88 Å². The molecule has 2 heterocycles. The predicted molar refractivity (Wildman–Crippen MR) is 100 cm³/mol. The summed E-state index contributed by atoms with van der Waals surface area (Å²) in [6.07, 6.45) is 3.95. The maximum absolute atomic E-state index is 12.6. The van der Waals surface area contributed by atoms with Gasteiger partial charge in [0.2, 0.25) is 5.88 Å². The molecule has 0 spiro atoms. The Morgan fingerprint density at radius 1 is 1.04 bits per heavy atom. The molecule has 0 fully saturated rings. The van der Waals surface area contributed by atoms with Crippen molar-refractivity contribution in [3.8, 4) is 17.0 Å². The Hall–Kier alpha value is -2.60. The van der Waals surface area contributed by atoms with Gasteiger partial charge in [-0.05, 0) is 34.9 Å². The Morgan fingerprint density at radius 3 is 2.44 bits per heavy atom. The first-order chi connectivity index (χ1) is 13.0. The van der Waals surface area contributed by atoms with E-state index in [1.165, 1.54) is 0 Å². The quantitative estimate of drug-likeness (QED) is 0.571. The third-order valence-corrected chi connectivity index (χ3v) is 4.11. The molecule has 0 radical (unpaired) electrons. The molecule has 0 aliphatic carbocycles. The number of alkyl halides is 2. The lowest BCUT2D eigenvalue weighted by molar-refractivity contribution is 0.0799. The molecule has 0 unspecified atom stereocenters. The second-order valence-corrected chi connectivity index (χ2v) is 6.38. The number of nitrogens with zero attached hydrogens (tertiary/aromatic N) is 3. The number of benzene rings is 1. The van der Waals surface area contributed by atoms with Gasteiger partial charge in [0.25, 0.3) is 6.43 Å². The van der Waals surface area contributed by atoms with Crippen LogP contribution in [-0.4, -0.2) is 28.0 Å². The van der Waals surface area contributed by atoms with Crippen LogP contribution >= 0.6 is 11.6 Å². The summed E-state index contributed by atoms with van der Waals surface area (Å²) in [5.41, 5.74) is 3.19. The lowest BCUT2D eigenvalue weighted by Gasteiger charge is -2.12. The van der Waals surface area contributed by atoms with Gasteiger partial charge in [0.05, 0.1) is 0 Å². The maximum atomic E-state index is 12.6. The van der Waals surface area contributed by atoms with Crippen molar-refractivity contribution in [1.82, 2.24) is 15.0 Å². The highest BCUT2D eigenvalue weighted by atomic mass is 35.5. The van der Waals surface area contributed by atoms with E-state index in [0.29, 0.717) is 17.0 Å². The lowest BCUT2D eigenvalue weighted by atomic mass is 10.0. The third-order valence-electron chi connectivity index (χ3n) is 3.87. The molecule has 3 aromatic rings. The van der Waals surface area contributed by atoms with Gasteiger partial charge < -0.3 is 4.74 Å². The first-order valence-corrected chi connectivity index (χ1v) is 8.88. The van der Waals surface area contributed by atoms with Gasteiger partial charge in [-0.25, -0.2) is 23.7 Å². The average molecular weight is 390 g/mol. The zero-order valence-electron chi connectivity index (χ0n) is 14.7. The minimum absolute atomic E-state index is 0.152. The van der Waals surface area contributed by atoms with Gasteiger partial charge in [0, 0.05) is 42.0 Å². The van der Waals surface area contributed by atoms with Gasteiger partial charge in [-0.3, -0.25) is 0 Å². The van der Waals surface area contributed by atoms with Crippen molar-refractivity contribution in [3.63, 3.8) is 0 Å². The van der Waals surface area contributed by atoms with Crippen molar-refractivity contribution < 1.29 is 13.5 Å². The molecule has 7 heteroatoms. The van der Waals surface area contributed by atoms with Gasteiger partial charge >= 0.3 is 0 Å². The highest BCUT2D eigenvalue weighted by molar-refractivity contribution is 6.30. The number of pyridine rings is 1. The molecule has 2 aromatic heterocycles. The highest BCUT2D eigenvalue weighted by Gasteiger charge is 2.13. The first kappa shape index (κ1) is 19.2. The second kappa shape index (κ2) is 8.86. The number of hydrogen-bond acceptors (Lipinski definition) is 4. The highest BCUT2D eigenvalue weighted by Crippen LogP contribution is 2.31. The van der Waals surface area contributed by atoms with E-state index in [9.17, 15) is 8.78 Å². The van der Waals surface area contributed by atoms with Gasteiger partial charge in [-0.15, -0.1) is 0 Å². The van der Waals surface area contributed by atoms with Gasteiger partial charge in [-0.1, -0.05) is 30.7 Å². The van der Waals surface area contributed by atoms with Gasteiger partial charge in [0.15, 0.2) is 6.61 Å². The van der Waals surface area contributed by atoms with E-state index in [2.05, 4.69) is 15.0 Å². The van der Waals surface area contributed by atoms with E-state index >= 15 is 0 Å². The van der Waals surface area contributed by atoms with Crippen LogP contribution in [0.3, 0.4) is 0 Å². The van der Waals surface area contributed by atoms with E-state index in [0.717, 1.165) is 28.9 Å². The second-order valence-electron chi connectivity index (χ2n) is 5.95. The van der Waals surface area contributed by atoms with Crippen molar-refractivity contribution in [1.29, 1.82) is 0 Å². The molecule has 1 aromatic carbocycles. The zero-order valence-corrected chi connectivity index (χ0v) is 15.5. The fourth-order valence-corrected chi connectivity index (χ4v) is 2.79. The number of rotatable bonds is 7. The van der Waals surface area contributed by atoms with Crippen LogP contribution in [0.5, 0.6) is 5.88 Å². The Balaban J connectivity index is 1.92. The molecule has 0 saturated heterocycles. The van der Waals surface area contributed by atoms with Crippen LogP contribution in [0, 0.1) is 0 Å². The average Bonchev–Trinajstić information content (AvgIpc) is 2.67. The summed E-state index contributed by atoms with van der Waals surface area (Å²) in [6.45, 7) is 1.28. The van der Waals surface area contributed by atoms with Gasteiger partial charge in [0.1, 0.15) is 5.82 Å². The van der Waals surface area contributed by atoms with Crippen molar-refractivity contribution in [2.45, 2.75) is 26.2 Å². The fraction of sp³-hybridized carbons (Fsp3) is 0.250. The number of halogens is 3. The molecule has 0 aliphatic heterocycles. The zero-order chi connectivity index (χ0) is 19.2. The molecular formula is C20H18ClF2N3O. The standard InChI is InChI=1S/C20H18ClF2N3O/c1-2-19-24-10-14(11-25-19)6-13-7-17(15-4-3-5-16(21)8-15)20(26-9-13)27-12-18(22)23/h3-5,7-11,18H,2,6,12H2,1H3. The summed E-state index contributed by atoms with van der Waals surface area (Å²) in [5, 5.41) is 0.543. The predicted octanol–water partition coefficient (Wildman–Crippen LogP) is 4.99. The van der Waals surface area contributed by atoms with Crippen molar-refractivity contribution in [2.24, 2.45) is 0 Å². The Bertz CT molecular complexity index is 904. The summed E-state index contributed by atoms with van der Waals surface area (Å²) in [4.78, 5) is 12.8. The summed E-state index contributed by atoms with van der Waals surface area (Å²) in [5.74, 6) is 0.936. The van der Waals surface area contributed by atoms with Gasteiger partial charge in [-0.2, -0.15) is 0 Å². The van der Waals surface area contributed by atoms with Crippen LogP contribution < -0.4 is 4.74 Å². The Morgan fingerprint density at radius 2 is 1.78 bits per heavy atom. The Kier molecular flexibility index (Phi) is 6.29. The third kappa shape index (κ3) is 5.20. The molecule has 140 valence electrons. The molecule has 0 amide bonds. The molecule has 0 saturated carbocycles. The number of aryl methyl sites for hydroxylation is 1. The summed E-state index contributed by atoms with van der Waals surface area (Å²) >= 11 is 6.07. The summed E-state index contributed by atoms with van der Waals surface area (Å²) in [7, 11) is 0. The van der Waals surface area contributed by atoms with Crippen LogP contribution in [-0.2, 0) is 12.8 Å². The summed E-state index contributed by atoms with van der Waals surface area (Å²) < 4.78 is 30.3. The molecule has 4 nitrogen and oxygen atoms in total. The largest absolute Gasteiger partial charge is 0.471 e. The smallest absolute Gasteiger partial charge is 0.272 e. The molecule has 27 heavy (non-hydrogen) atoms. The number of hydrogen-bond donors (Lipinski definition) is 0. The number of aromatic nitrogens is 3. The van der Waals surface area contributed by atoms with E-state index in [1.807, 2.05) is 19.1 Å². The van der Waals surface area contributed by atoms with E-state index < -0.39 is 13.0 Å². The molecule has 0 bridgehead atoms. The van der Waals surface area contributed by atoms with E-state index in [1.54, 1.807) is 36.8 Å². The van der Waals surface area contributed by atoms with E-state index in [4.69, 9.17) is 16.3 Å². The van der Waals surface area contributed by atoms with Crippen molar-refractivity contribution in [2.75, 3.05) is 6.61 Å². The van der Waals surface area contributed by atoms with Crippen LogP contribution in [0.2, 0.25) is 5.02 Å². The van der Waals surface area contributed by atoms with Crippen molar-refractivity contribution >= 4 is 11.6 Å². The van der Waals surface area contributed by atoms with Crippen LogP contribution in [0.15, 0.2) is 48.9 Å². The molecular weight excluding hydrogens is 372 g/mol. The SMILES string of the molecule is CCc1ncc(Cc2cnc(OCC(F)F)c(-c3cccc(Cl)c3)c2)cn1. The molecule has 0 N–H and O–H groups in total. The molecule has 3 rings (SSSR count). The van der Waals surface area contributed by atoms with Crippen LogP contribution in [0.4, 0.5) is 8.78 Å². The Labute approximate surface area is 161 Å². The molecule has 0 aliphatic rings. The monoisotopic (exact) mass is 389 g/mol. The topological polar surface area (TPSA) is 47.9 Å². The minimum Gasteiger partial charge on any atom is -0.471 e. The summed E-state index contributed by atoms with van der Waals surface area (Å²) in [6, 6.07) is 8.98. The fourth-order valence-electron chi connectivity index (χ4n) is 2.60. The maximum Gasteiger partial charge on any atom is 0.272 e. The minimum atomic E-state index is -2.58. The first-order valence-electron chi connectivity index (χ1n) is 8.50. The number of ether oxygens (including phenoxy) is 1.